The van der Waals surface area contributed by atoms with Crippen LogP contribution in [0.3, 0.4) is 0 Å². The van der Waals surface area contributed by atoms with Gasteiger partial charge in [0.1, 0.15) is 11.6 Å². The largest absolute Gasteiger partial charge is 0.345 e. The van der Waals surface area contributed by atoms with Gasteiger partial charge in [-0.1, -0.05) is 18.2 Å². The zero-order valence-corrected chi connectivity index (χ0v) is 21.7. The minimum atomic E-state index is -0.480. The van der Waals surface area contributed by atoms with Gasteiger partial charge in [0.15, 0.2) is 5.82 Å². The van der Waals surface area contributed by atoms with E-state index >= 15 is 0 Å². The maximum absolute atomic E-state index is 13.9. The zero-order chi connectivity index (χ0) is 27.9. The van der Waals surface area contributed by atoms with Crippen LogP contribution in [0.1, 0.15) is 30.5 Å². The molecule has 4 aromatic rings. The Bertz CT molecular complexity index is 1570. The molecule has 0 spiro atoms. The third kappa shape index (κ3) is 7.04. The molecule has 0 fully saturated rings. The maximum atomic E-state index is 13.9. The first-order valence-corrected chi connectivity index (χ1v) is 12.5. The number of halogens is 2. The van der Waals surface area contributed by atoms with Crippen molar-refractivity contribution in [2.24, 2.45) is 0 Å². The van der Waals surface area contributed by atoms with Crippen LogP contribution in [0.25, 0.3) is 10.9 Å². The molecule has 1 N–H and O–H groups in total. The number of unbranched alkanes of at least 4 members (excludes halogenated alkanes) is 1. The van der Waals surface area contributed by atoms with Crippen molar-refractivity contribution < 1.29 is 18.4 Å². The Kier molecular flexibility index (Phi) is 8.65. The quantitative estimate of drug-likeness (QED) is 0.243. The van der Waals surface area contributed by atoms with E-state index in [0.29, 0.717) is 24.8 Å². The third-order valence-electron chi connectivity index (χ3n) is 6.18. The lowest BCUT2D eigenvalue weighted by atomic mass is 10.2. The molecule has 39 heavy (non-hydrogen) atoms. The number of rotatable bonds is 10. The average Bonchev–Trinajstić information content (AvgIpc) is 3.22. The number of benzene rings is 2. The van der Waals surface area contributed by atoms with E-state index in [0.717, 1.165) is 16.8 Å². The molecule has 2 amide bonds. The van der Waals surface area contributed by atoms with Crippen LogP contribution < -0.4 is 10.9 Å². The van der Waals surface area contributed by atoms with Crippen LogP contribution in [-0.4, -0.2) is 44.9 Å². The molecule has 0 aliphatic heterocycles. The number of nitrogens with one attached hydrogen (secondary N) is 1. The Morgan fingerprint density at radius 3 is 2.51 bits per heavy atom. The lowest BCUT2D eigenvalue weighted by molar-refractivity contribution is -0.123. The minimum Gasteiger partial charge on any atom is -0.345 e. The number of amides is 2. The van der Waals surface area contributed by atoms with Crippen molar-refractivity contribution >= 4 is 28.5 Å². The van der Waals surface area contributed by atoms with E-state index in [1.54, 1.807) is 38.4 Å². The molecule has 2 aromatic heterocycles. The van der Waals surface area contributed by atoms with Crippen LogP contribution in [0.2, 0.25) is 0 Å². The molecule has 2 heterocycles. The van der Waals surface area contributed by atoms with E-state index in [1.165, 1.54) is 52.2 Å². The van der Waals surface area contributed by atoms with E-state index < -0.39 is 5.56 Å². The summed E-state index contributed by atoms with van der Waals surface area (Å²) in [6.07, 6.45) is 7.32. The second-order valence-corrected chi connectivity index (χ2v) is 9.34. The van der Waals surface area contributed by atoms with E-state index in [2.05, 4.69) is 10.3 Å². The molecule has 4 rings (SSSR count). The standard InChI is InChI=1S/C29H29F2N5O3/c1-34(2)27(38)7-5-3-4-6-26(37)33-28-29(39)35(15-14-32-28)19-24-17-21-16-23(31)12-13-25(21)36(24)18-20-8-10-22(30)11-9-20/h5,7-17H,3-4,6,18-19H2,1-2H3,(H,32,33,37)/b7-5+. The van der Waals surface area contributed by atoms with Crippen molar-refractivity contribution in [3.05, 3.63) is 106 Å². The first kappa shape index (κ1) is 27.4. The van der Waals surface area contributed by atoms with Gasteiger partial charge in [-0.3, -0.25) is 14.4 Å². The summed E-state index contributed by atoms with van der Waals surface area (Å²) in [5, 5.41) is 3.24. The fraction of sp³-hybridized carbons (Fsp3) is 0.241. The second-order valence-electron chi connectivity index (χ2n) is 9.34. The highest BCUT2D eigenvalue weighted by molar-refractivity contribution is 5.89. The first-order valence-electron chi connectivity index (χ1n) is 12.5. The number of likely N-dealkylation sites (N-methyl/N-ethyl adjacent to an activating group) is 1. The van der Waals surface area contributed by atoms with Crippen LogP contribution in [0.15, 0.2) is 77.9 Å². The molecule has 2 aromatic carbocycles. The summed E-state index contributed by atoms with van der Waals surface area (Å²) in [4.78, 5) is 42.6. The van der Waals surface area contributed by atoms with E-state index in [9.17, 15) is 23.2 Å². The number of allylic oxidation sites excluding steroid dienone is 1. The topological polar surface area (TPSA) is 89.2 Å². The lowest BCUT2D eigenvalue weighted by Crippen LogP contribution is -2.27. The van der Waals surface area contributed by atoms with Gasteiger partial charge in [0.2, 0.25) is 11.8 Å². The molecule has 0 unspecified atom stereocenters. The molecular weight excluding hydrogens is 504 g/mol. The summed E-state index contributed by atoms with van der Waals surface area (Å²) in [5.74, 6) is -1.29. The summed E-state index contributed by atoms with van der Waals surface area (Å²) < 4.78 is 30.7. The van der Waals surface area contributed by atoms with Gasteiger partial charge in [0.05, 0.1) is 6.54 Å². The summed E-state index contributed by atoms with van der Waals surface area (Å²) in [6, 6.07) is 12.4. The molecule has 0 atom stereocenters. The van der Waals surface area contributed by atoms with Crippen LogP contribution >= 0.6 is 0 Å². The van der Waals surface area contributed by atoms with E-state index in [1.807, 2.05) is 10.6 Å². The second kappa shape index (κ2) is 12.3. The summed E-state index contributed by atoms with van der Waals surface area (Å²) in [6.45, 7) is 0.537. The third-order valence-corrected chi connectivity index (χ3v) is 6.18. The Morgan fingerprint density at radius 2 is 1.77 bits per heavy atom. The van der Waals surface area contributed by atoms with Gasteiger partial charge in [0, 0.05) is 56.1 Å². The van der Waals surface area contributed by atoms with Crippen molar-refractivity contribution in [3.63, 3.8) is 0 Å². The number of hydrogen-bond donors (Lipinski definition) is 1. The SMILES string of the molecule is CN(C)C(=O)/C=C/CCCC(=O)Nc1nccn(Cc2cc3cc(F)ccc3n2Cc2ccc(F)cc2)c1=O. The zero-order valence-electron chi connectivity index (χ0n) is 21.7. The molecule has 0 aliphatic rings. The van der Waals surface area contributed by atoms with Gasteiger partial charge >= 0.3 is 0 Å². The van der Waals surface area contributed by atoms with Gasteiger partial charge < -0.3 is 19.4 Å². The highest BCUT2D eigenvalue weighted by Gasteiger charge is 2.14. The van der Waals surface area contributed by atoms with Gasteiger partial charge in [-0.05, 0) is 60.9 Å². The van der Waals surface area contributed by atoms with E-state index in [4.69, 9.17) is 0 Å². The fourth-order valence-electron chi connectivity index (χ4n) is 4.13. The molecular formula is C29H29F2N5O3. The number of hydrogen-bond acceptors (Lipinski definition) is 4. The minimum absolute atomic E-state index is 0.0898. The molecule has 0 radical (unpaired) electrons. The molecule has 0 bridgehead atoms. The number of fused-ring (bicyclic) bond motifs is 1. The van der Waals surface area contributed by atoms with Crippen molar-refractivity contribution in [1.82, 2.24) is 19.0 Å². The van der Waals surface area contributed by atoms with Crippen LogP contribution in [-0.2, 0) is 22.7 Å². The Morgan fingerprint density at radius 1 is 1.03 bits per heavy atom. The number of anilines is 1. The molecule has 10 heteroatoms. The Balaban J connectivity index is 1.50. The number of carbonyl (C=O) groups is 2. The van der Waals surface area contributed by atoms with E-state index in [-0.39, 0.29) is 42.2 Å². The molecule has 0 aliphatic carbocycles. The van der Waals surface area contributed by atoms with Crippen molar-refractivity contribution in [2.45, 2.75) is 32.4 Å². The van der Waals surface area contributed by atoms with Crippen molar-refractivity contribution in [2.75, 3.05) is 19.4 Å². The van der Waals surface area contributed by atoms with Crippen molar-refractivity contribution in [1.29, 1.82) is 0 Å². The number of nitrogens with zero attached hydrogens (tertiary/aromatic N) is 4. The van der Waals surface area contributed by atoms with Crippen molar-refractivity contribution in [3.8, 4) is 0 Å². The Labute approximate surface area is 224 Å². The highest BCUT2D eigenvalue weighted by Crippen LogP contribution is 2.23. The van der Waals surface area contributed by atoms with Gasteiger partial charge in [0.25, 0.3) is 5.56 Å². The monoisotopic (exact) mass is 533 g/mol. The number of carbonyl (C=O) groups excluding carboxylic acids is 2. The smallest absolute Gasteiger partial charge is 0.294 e. The summed E-state index contributed by atoms with van der Waals surface area (Å²) >= 11 is 0. The molecule has 202 valence electrons. The van der Waals surface area contributed by atoms with Gasteiger partial charge in [-0.15, -0.1) is 0 Å². The van der Waals surface area contributed by atoms with Gasteiger partial charge in [-0.2, -0.15) is 0 Å². The highest BCUT2D eigenvalue weighted by atomic mass is 19.1. The normalized spacial score (nSPS) is 11.3. The van der Waals surface area contributed by atoms with Crippen LogP contribution in [0.5, 0.6) is 0 Å². The summed E-state index contributed by atoms with van der Waals surface area (Å²) in [7, 11) is 3.31. The molecule has 0 saturated heterocycles. The van der Waals surface area contributed by atoms with Crippen LogP contribution in [0.4, 0.5) is 14.6 Å². The summed E-state index contributed by atoms with van der Waals surface area (Å²) in [5.41, 5.74) is 1.86. The molecule has 0 saturated carbocycles. The molecule has 8 nitrogen and oxygen atoms in total. The Hall–Kier alpha value is -4.60. The van der Waals surface area contributed by atoms with Gasteiger partial charge in [-0.25, -0.2) is 13.8 Å². The average molecular weight is 534 g/mol. The predicted octanol–water partition coefficient (Wildman–Crippen LogP) is 4.33. The lowest BCUT2D eigenvalue weighted by Gasteiger charge is -2.13. The predicted molar refractivity (Wildman–Crippen MR) is 145 cm³/mol. The number of aromatic nitrogens is 3. The van der Waals surface area contributed by atoms with Crippen LogP contribution in [0, 0.1) is 11.6 Å². The fourth-order valence-corrected chi connectivity index (χ4v) is 4.13. The maximum Gasteiger partial charge on any atom is 0.294 e. The first-order chi connectivity index (χ1) is 18.7.